The number of carbonyl (C=O) groups excluding carboxylic acids is 1. The van der Waals surface area contributed by atoms with Crippen molar-refractivity contribution in [2.75, 3.05) is 6.54 Å². The van der Waals surface area contributed by atoms with Gasteiger partial charge in [0.05, 0.1) is 22.5 Å². The molecule has 114 valence electrons. The molecule has 22 heavy (non-hydrogen) atoms. The first kappa shape index (κ1) is 15.0. The molecule has 1 aromatic carbocycles. The number of amides is 1. The second-order valence-electron chi connectivity index (χ2n) is 4.89. The molecule has 1 N–H and O–H groups in total. The van der Waals surface area contributed by atoms with Crippen LogP contribution in [0.3, 0.4) is 0 Å². The van der Waals surface area contributed by atoms with Crippen LogP contribution in [0.5, 0.6) is 0 Å². The average Bonchev–Trinajstić information content (AvgIpc) is 2.46. The van der Waals surface area contributed by atoms with E-state index in [1.165, 1.54) is 6.07 Å². The summed E-state index contributed by atoms with van der Waals surface area (Å²) < 4.78 is 38.4. The van der Waals surface area contributed by atoms with Crippen molar-refractivity contribution in [2.45, 2.75) is 12.6 Å². The van der Waals surface area contributed by atoms with Crippen molar-refractivity contribution in [3.05, 3.63) is 51.6 Å². The standard InChI is InChI=1S/C15H10BrF3N2O/c16-11-7-8(15(17,18)19)1-2-9(11)12-4-3-10-13(21-12)5-6-20-14(10)22/h1-4,7H,5-6H2,(H,20,22). The molecule has 0 atom stereocenters. The topological polar surface area (TPSA) is 42.0 Å². The van der Waals surface area contributed by atoms with Gasteiger partial charge < -0.3 is 5.32 Å². The highest BCUT2D eigenvalue weighted by Crippen LogP contribution is 2.35. The van der Waals surface area contributed by atoms with Gasteiger partial charge in [-0.15, -0.1) is 0 Å². The van der Waals surface area contributed by atoms with Crippen LogP contribution < -0.4 is 5.32 Å². The smallest absolute Gasteiger partial charge is 0.352 e. The zero-order valence-corrected chi connectivity index (χ0v) is 12.8. The summed E-state index contributed by atoms with van der Waals surface area (Å²) in [7, 11) is 0. The molecule has 3 nitrogen and oxygen atoms in total. The van der Waals surface area contributed by atoms with E-state index in [2.05, 4.69) is 26.2 Å². The molecule has 0 unspecified atom stereocenters. The zero-order valence-electron chi connectivity index (χ0n) is 11.2. The molecule has 1 aliphatic heterocycles. The molecule has 1 aromatic heterocycles. The third kappa shape index (κ3) is 2.72. The van der Waals surface area contributed by atoms with E-state index in [1.807, 2.05) is 0 Å². The van der Waals surface area contributed by atoms with Gasteiger partial charge in [0.2, 0.25) is 0 Å². The van der Waals surface area contributed by atoms with E-state index in [9.17, 15) is 18.0 Å². The Labute approximate surface area is 132 Å². The predicted molar refractivity (Wildman–Crippen MR) is 78.4 cm³/mol. The van der Waals surface area contributed by atoms with E-state index in [1.54, 1.807) is 12.1 Å². The van der Waals surface area contributed by atoms with E-state index in [-0.39, 0.29) is 5.91 Å². The van der Waals surface area contributed by atoms with E-state index in [0.717, 1.165) is 12.1 Å². The Balaban J connectivity index is 2.03. The lowest BCUT2D eigenvalue weighted by Crippen LogP contribution is -2.32. The highest BCUT2D eigenvalue weighted by molar-refractivity contribution is 9.10. The van der Waals surface area contributed by atoms with E-state index < -0.39 is 11.7 Å². The van der Waals surface area contributed by atoms with Crippen molar-refractivity contribution in [3.63, 3.8) is 0 Å². The fraction of sp³-hybridized carbons (Fsp3) is 0.200. The average molecular weight is 371 g/mol. The van der Waals surface area contributed by atoms with Gasteiger partial charge in [0.1, 0.15) is 0 Å². The van der Waals surface area contributed by atoms with Crippen LogP contribution in [-0.2, 0) is 12.6 Å². The molecule has 0 radical (unpaired) electrons. The van der Waals surface area contributed by atoms with Crippen molar-refractivity contribution in [1.29, 1.82) is 0 Å². The Bertz CT molecular complexity index is 759. The number of pyridine rings is 1. The van der Waals surface area contributed by atoms with Crippen molar-refractivity contribution in [2.24, 2.45) is 0 Å². The normalized spacial score (nSPS) is 14.5. The Kier molecular flexibility index (Phi) is 3.68. The molecule has 0 saturated carbocycles. The first-order chi connectivity index (χ1) is 10.4. The first-order valence-corrected chi connectivity index (χ1v) is 7.31. The number of hydrogen-bond acceptors (Lipinski definition) is 2. The van der Waals surface area contributed by atoms with E-state index in [0.29, 0.717) is 40.0 Å². The quantitative estimate of drug-likeness (QED) is 0.828. The molecule has 0 saturated heterocycles. The number of nitrogens with one attached hydrogen (secondary N) is 1. The van der Waals surface area contributed by atoms with Crippen LogP contribution in [-0.4, -0.2) is 17.4 Å². The van der Waals surface area contributed by atoms with Crippen LogP contribution in [0.1, 0.15) is 21.6 Å². The molecule has 0 aliphatic carbocycles. The number of rotatable bonds is 1. The number of carbonyl (C=O) groups is 1. The summed E-state index contributed by atoms with van der Waals surface area (Å²) in [5, 5.41) is 2.72. The zero-order chi connectivity index (χ0) is 15.9. The van der Waals surface area contributed by atoms with Crippen molar-refractivity contribution in [3.8, 4) is 11.3 Å². The summed E-state index contributed by atoms with van der Waals surface area (Å²) in [5.41, 5.74) is 1.54. The lowest BCUT2D eigenvalue weighted by atomic mass is 10.0. The maximum atomic E-state index is 12.7. The molecular formula is C15H10BrF3N2O. The number of aromatic nitrogens is 1. The third-order valence-electron chi connectivity index (χ3n) is 3.44. The minimum Gasteiger partial charge on any atom is -0.352 e. The maximum Gasteiger partial charge on any atom is 0.416 e. The Morgan fingerprint density at radius 2 is 1.86 bits per heavy atom. The van der Waals surface area contributed by atoms with E-state index in [4.69, 9.17) is 0 Å². The van der Waals surface area contributed by atoms with Gasteiger partial charge in [-0.2, -0.15) is 13.2 Å². The van der Waals surface area contributed by atoms with Crippen LogP contribution in [0, 0.1) is 0 Å². The molecule has 0 spiro atoms. The predicted octanol–water partition coefficient (Wildman–Crippen LogP) is 3.82. The number of nitrogens with zero attached hydrogens (tertiary/aromatic N) is 1. The van der Waals surface area contributed by atoms with Gasteiger partial charge in [-0.25, -0.2) is 0 Å². The summed E-state index contributed by atoms with van der Waals surface area (Å²) in [6.45, 7) is 0.510. The molecular weight excluding hydrogens is 361 g/mol. The second-order valence-corrected chi connectivity index (χ2v) is 5.74. The minimum absolute atomic E-state index is 0.174. The Morgan fingerprint density at radius 1 is 1.14 bits per heavy atom. The fourth-order valence-corrected chi connectivity index (χ4v) is 2.92. The van der Waals surface area contributed by atoms with Gasteiger partial charge >= 0.3 is 6.18 Å². The molecule has 2 heterocycles. The van der Waals surface area contributed by atoms with Crippen molar-refractivity contribution in [1.82, 2.24) is 10.3 Å². The van der Waals surface area contributed by atoms with Crippen molar-refractivity contribution < 1.29 is 18.0 Å². The van der Waals surface area contributed by atoms with Gasteiger partial charge in [-0.1, -0.05) is 22.0 Å². The number of alkyl halides is 3. The Hall–Kier alpha value is -1.89. The first-order valence-electron chi connectivity index (χ1n) is 6.51. The van der Waals surface area contributed by atoms with Crippen LogP contribution in [0.15, 0.2) is 34.8 Å². The van der Waals surface area contributed by atoms with Crippen LogP contribution in [0.25, 0.3) is 11.3 Å². The summed E-state index contributed by atoms with van der Waals surface area (Å²) in [5.74, 6) is -0.174. The minimum atomic E-state index is -4.39. The number of halogens is 4. The fourth-order valence-electron chi connectivity index (χ4n) is 2.34. The second kappa shape index (κ2) is 5.39. The maximum absolute atomic E-state index is 12.7. The largest absolute Gasteiger partial charge is 0.416 e. The van der Waals surface area contributed by atoms with Gasteiger partial charge in [-0.05, 0) is 24.3 Å². The van der Waals surface area contributed by atoms with Gasteiger partial charge in [0.25, 0.3) is 5.91 Å². The van der Waals surface area contributed by atoms with Gasteiger partial charge in [0, 0.05) is 23.0 Å². The molecule has 1 aliphatic rings. The molecule has 3 rings (SSSR count). The summed E-state index contributed by atoms with van der Waals surface area (Å²) in [4.78, 5) is 16.1. The molecule has 7 heteroatoms. The van der Waals surface area contributed by atoms with Crippen LogP contribution in [0.4, 0.5) is 13.2 Å². The number of benzene rings is 1. The van der Waals surface area contributed by atoms with E-state index >= 15 is 0 Å². The summed E-state index contributed by atoms with van der Waals surface area (Å²) >= 11 is 3.16. The van der Waals surface area contributed by atoms with Gasteiger partial charge in [0.15, 0.2) is 0 Å². The highest BCUT2D eigenvalue weighted by atomic mass is 79.9. The molecule has 0 fully saturated rings. The third-order valence-corrected chi connectivity index (χ3v) is 4.09. The monoisotopic (exact) mass is 370 g/mol. The van der Waals surface area contributed by atoms with Crippen LogP contribution in [0.2, 0.25) is 0 Å². The lowest BCUT2D eigenvalue weighted by molar-refractivity contribution is -0.137. The lowest BCUT2D eigenvalue weighted by Gasteiger charge is -2.17. The summed E-state index contributed by atoms with van der Waals surface area (Å²) in [6.07, 6.45) is -3.78. The molecule has 1 amide bonds. The molecule has 2 aromatic rings. The molecule has 0 bridgehead atoms. The van der Waals surface area contributed by atoms with Crippen molar-refractivity contribution >= 4 is 21.8 Å². The Morgan fingerprint density at radius 3 is 2.55 bits per heavy atom. The summed E-state index contributed by atoms with van der Waals surface area (Å²) in [6, 6.07) is 6.72. The SMILES string of the molecule is O=C1NCCc2nc(-c3ccc(C(F)(F)F)cc3Br)ccc21. The van der Waals surface area contributed by atoms with Crippen LogP contribution >= 0.6 is 15.9 Å². The highest BCUT2D eigenvalue weighted by Gasteiger charge is 2.31. The van der Waals surface area contributed by atoms with Gasteiger partial charge in [-0.3, -0.25) is 9.78 Å². The number of fused-ring (bicyclic) bond motifs is 1. The number of hydrogen-bond donors (Lipinski definition) is 1.